The van der Waals surface area contributed by atoms with Crippen LogP contribution in [0.25, 0.3) is 0 Å². The van der Waals surface area contributed by atoms with Crippen LogP contribution in [0, 0.1) is 16.3 Å². The molecule has 0 spiro atoms. The fraction of sp³-hybridized carbons (Fsp3) is 0.0769. The zero-order valence-corrected chi connectivity index (χ0v) is 16.8. The predicted octanol–water partition coefficient (Wildman–Crippen LogP) is 5.06. The van der Waals surface area contributed by atoms with Gasteiger partial charge in [-0.3, -0.25) is 4.72 Å². The van der Waals surface area contributed by atoms with Crippen molar-refractivity contribution in [2.24, 2.45) is 0 Å². The van der Waals surface area contributed by atoms with Crippen molar-refractivity contribution in [3.8, 4) is 0 Å². The van der Waals surface area contributed by atoms with Gasteiger partial charge in [0.05, 0.1) is 5.69 Å². The van der Waals surface area contributed by atoms with Crippen LogP contribution in [0.3, 0.4) is 0 Å². The molecule has 0 unspecified atom stereocenters. The lowest BCUT2D eigenvalue weighted by atomic mass is 10.2. The first kappa shape index (κ1) is 17.2. The van der Waals surface area contributed by atoms with Gasteiger partial charge in [-0.05, 0) is 81.3 Å². The van der Waals surface area contributed by atoms with Gasteiger partial charge >= 0.3 is 0 Å². The highest BCUT2D eigenvalue weighted by atomic mass is 127. The monoisotopic (exact) mass is 547 g/mol. The number of hydrogen-bond donors (Lipinski definition) is 1. The van der Waals surface area contributed by atoms with Gasteiger partial charge in [0.15, 0.2) is 0 Å². The molecule has 2 rings (SSSR count). The van der Waals surface area contributed by atoms with Crippen LogP contribution < -0.4 is 4.72 Å². The molecule has 0 atom stereocenters. The molecule has 0 heterocycles. The molecule has 2 aromatic rings. The molecule has 21 heavy (non-hydrogen) atoms. The van der Waals surface area contributed by atoms with Gasteiger partial charge in [-0.1, -0.05) is 15.9 Å². The van der Waals surface area contributed by atoms with Gasteiger partial charge in [0.2, 0.25) is 0 Å². The highest BCUT2D eigenvalue weighted by Crippen LogP contribution is 2.31. The van der Waals surface area contributed by atoms with Gasteiger partial charge in [0, 0.05) is 12.5 Å². The van der Waals surface area contributed by atoms with Gasteiger partial charge < -0.3 is 0 Å². The Morgan fingerprint density at radius 1 is 1.14 bits per heavy atom. The summed E-state index contributed by atoms with van der Waals surface area (Å²) in [7, 11) is -3.77. The summed E-state index contributed by atoms with van der Waals surface area (Å²) in [6.07, 6.45) is 0. The molecule has 0 aliphatic rings. The van der Waals surface area contributed by atoms with E-state index >= 15 is 0 Å². The third kappa shape index (κ3) is 3.96. The van der Waals surface area contributed by atoms with Crippen molar-refractivity contribution in [3.05, 3.63) is 54.2 Å². The average molecular weight is 549 g/mol. The average Bonchev–Trinajstić information content (AvgIpc) is 2.37. The fourth-order valence-electron chi connectivity index (χ4n) is 1.61. The molecule has 2 aromatic carbocycles. The fourth-order valence-corrected chi connectivity index (χ4v) is 5.16. The number of rotatable bonds is 3. The van der Waals surface area contributed by atoms with Crippen LogP contribution in [0.5, 0.6) is 0 Å². The Hall–Kier alpha value is -0.190. The molecule has 8 heteroatoms. The smallest absolute Gasteiger partial charge is 0.263 e. The molecular weight excluding hydrogens is 540 g/mol. The Morgan fingerprint density at radius 2 is 1.81 bits per heavy atom. The van der Waals surface area contributed by atoms with E-state index in [2.05, 4.69) is 36.6 Å². The molecule has 1 N–H and O–H groups in total. The van der Waals surface area contributed by atoms with E-state index < -0.39 is 15.8 Å². The summed E-state index contributed by atoms with van der Waals surface area (Å²) in [5.74, 6) is -0.415. The molecule has 0 fully saturated rings. The Labute approximate surface area is 152 Å². The largest absolute Gasteiger partial charge is 0.279 e. The van der Waals surface area contributed by atoms with Gasteiger partial charge in [0.1, 0.15) is 10.7 Å². The Balaban J connectivity index is 2.46. The van der Waals surface area contributed by atoms with E-state index in [-0.39, 0.29) is 4.90 Å². The first-order valence-corrected chi connectivity index (χ1v) is 9.79. The third-order valence-corrected chi connectivity index (χ3v) is 6.75. The minimum atomic E-state index is -3.77. The minimum absolute atomic E-state index is 0.111. The van der Waals surface area contributed by atoms with Crippen LogP contribution in [-0.4, -0.2) is 8.42 Å². The van der Waals surface area contributed by atoms with E-state index in [1.165, 1.54) is 24.3 Å². The van der Waals surface area contributed by atoms with Crippen LogP contribution in [0.2, 0.25) is 0 Å². The number of aryl methyl sites for hydroxylation is 1. The zero-order valence-electron chi connectivity index (χ0n) is 10.6. The Kier molecular flexibility index (Phi) is 5.32. The van der Waals surface area contributed by atoms with Crippen LogP contribution in [0.15, 0.2) is 44.2 Å². The summed E-state index contributed by atoms with van der Waals surface area (Å²) in [6.45, 7) is 1.86. The summed E-state index contributed by atoms with van der Waals surface area (Å²) in [6, 6.07) is 7.11. The number of benzene rings is 2. The lowest BCUT2D eigenvalue weighted by molar-refractivity contribution is 0.600. The van der Waals surface area contributed by atoms with E-state index in [0.29, 0.717) is 18.2 Å². The highest BCUT2D eigenvalue weighted by molar-refractivity contribution is 14.1. The van der Waals surface area contributed by atoms with Crippen LogP contribution in [0.1, 0.15) is 5.56 Å². The molecule has 0 saturated heterocycles. The van der Waals surface area contributed by atoms with Crippen molar-refractivity contribution in [2.45, 2.75) is 11.8 Å². The summed E-state index contributed by atoms with van der Waals surface area (Å²) in [5.41, 5.74) is 1.25. The second-order valence-electron chi connectivity index (χ2n) is 4.26. The topological polar surface area (TPSA) is 46.2 Å². The first-order chi connectivity index (χ1) is 9.70. The normalized spacial score (nSPS) is 11.5. The summed E-state index contributed by atoms with van der Waals surface area (Å²) >= 11 is 8.45. The molecule has 0 amide bonds. The van der Waals surface area contributed by atoms with Gasteiger partial charge in [0.25, 0.3) is 10.0 Å². The molecular formula is C13H9Br2FINO2S. The van der Waals surface area contributed by atoms with Gasteiger partial charge in [-0.2, -0.15) is 0 Å². The standard InChI is InChI=1S/C13H9Br2FINO2S/c1-7-4-10(15)13(6-9(7)14)21(19,20)18-12-3-2-8(16)5-11(12)17/h2-6,18H,1H3. The van der Waals surface area contributed by atoms with Gasteiger partial charge in [-0.15, -0.1) is 0 Å². The van der Waals surface area contributed by atoms with E-state index in [1.54, 1.807) is 6.07 Å². The summed E-state index contributed by atoms with van der Waals surface area (Å²) in [4.78, 5) is 0.111. The molecule has 0 aliphatic carbocycles. The van der Waals surface area contributed by atoms with Crippen molar-refractivity contribution in [1.29, 1.82) is 0 Å². The highest BCUT2D eigenvalue weighted by Gasteiger charge is 2.20. The molecule has 3 nitrogen and oxygen atoms in total. The van der Waals surface area contributed by atoms with Crippen molar-refractivity contribution in [1.82, 2.24) is 0 Å². The van der Waals surface area contributed by atoms with Crippen LogP contribution >= 0.6 is 54.5 Å². The lowest BCUT2D eigenvalue weighted by Gasteiger charge is -2.12. The second-order valence-corrected chi connectivity index (χ2v) is 8.78. The van der Waals surface area contributed by atoms with Crippen molar-refractivity contribution >= 4 is 70.2 Å². The quantitative estimate of drug-likeness (QED) is 0.545. The maximum Gasteiger partial charge on any atom is 0.263 e. The lowest BCUT2D eigenvalue weighted by Crippen LogP contribution is -2.14. The first-order valence-electron chi connectivity index (χ1n) is 5.64. The third-order valence-electron chi connectivity index (χ3n) is 2.68. The second kappa shape index (κ2) is 6.51. The van der Waals surface area contributed by atoms with E-state index in [1.807, 2.05) is 29.5 Å². The van der Waals surface area contributed by atoms with E-state index in [4.69, 9.17) is 0 Å². The summed E-state index contributed by atoms with van der Waals surface area (Å²) in [5, 5.41) is 0. The predicted molar refractivity (Wildman–Crippen MR) is 96.5 cm³/mol. The maximum atomic E-state index is 13.1. The number of sulfonamides is 1. The molecule has 112 valence electrons. The number of hydrogen-bond acceptors (Lipinski definition) is 2. The van der Waals surface area contributed by atoms with Crippen molar-refractivity contribution in [2.75, 3.05) is 4.72 Å². The molecule has 0 aromatic heterocycles. The maximum absolute atomic E-state index is 13.1. The van der Waals surface area contributed by atoms with E-state index in [0.717, 1.165) is 5.56 Å². The molecule has 0 saturated carbocycles. The van der Waals surface area contributed by atoms with E-state index in [9.17, 15) is 12.8 Å². The molecule has 0 aliphatic heterocycles. The van der Waals surface area contributed by atoms with Gasteiger partial charge in [-0.25, -0.2) is 12.8 Å². The minimum Gasteiger partial charge on any atom is -0.279 e. The van der Waals surface area contributed by atoms with Crippen molar-refractivity contribution < 1.29 is 12.8 Å². The molecule has 0 radical (unpaired) electrons. The van der Waals surface area contributed by atoms with Crippen LogP contribution in [-0.2, 0) is 10.0 Å². The SMILES string of the molecule is Cc1cc(Br)c(S(=O)(=O)Nc2ccc(F)cc2I)cc1Br. The summed E-state index contributed by atoms with van der Waals surface area (Å²) < 4.78 is 42.1. The Morgan fingerprint density at radius 3 is 2.43 bits per heavy atom. The van der Waals surface area contributed by atoms with Crippen molar-refractivity contribution in [3.63, 3.8) is 0 Å². The number of halogens is 4. The number of anilines is 1. The molecule has 0 bridgehead atoms. The zero-order chi connectivity index (χ0) is 15.8. The van der Waals surface area contributed by atoms with Crippen LogP contribution in [0.4, 0.5) is 10.1 Å². The Bertz CT molecular complexity index is 812. The number of nitrogens with one attached hydrogen (secondary N) is 1.